The van der Waals surface area contributed by atoms with Crippen LogP contribution in [0.5, 0.6) is 0 Å². The third-order valence-corrected chi connectivity index (χ3v) is 5.07. The van der Waals surface area contributed by atoms with E-state index >= 15 is 0 Å². The van der Waals surface area contributed by atoms with Crippen molar-refractivity contribution in [3.8, 4) is 11.8 Å². The smallest absolute Gasteiger partial charge is 0.303 e. The zero-order chi connectivity index (χ0) is 28.0. The molecule has 1 unspecified atom stereocenters. The molecule has 3 amide bonds. The Morgan fingerprint density at radius 1 is 1.11 bits per heavy atom. The molecule has 37 heavy (non-hydrogen) atoms. The van der Waals surface area contributed by atoms with Crippen LogP contribution in [0.2, 0.25) is 0 Å². The Bertz CT molecular complexity index is 1110. The number of ketones is 2. The van der Waals surface area contributed by atoms with Crippen molar-refractivity contribution in [3.05, 3.63) is 46.3 Å². The summed E-state index contributed by atoms with van der Waals surface area (Å²) in [5, 5.41) is 17.1. The summed E-state index contributed by atoms with van der Waals surface area (Å²) in [6.45, 7) is 1.54. The highest BCUT2D eigenvalue weighted by molar-refractivity contribution is 6.18. The van der Waals surface area contributed by atoms with Gasteiger partial charge in [0.05, 0.1) is 18.1 Å². The first-order valence-corrected chi connectivity index (χ1v) is 11.3. The number of hydrogen-bond donors (Lipinski definition) is 6. The highest BCUT2D eigenvalue weighted by atomic mass is 16.3. The SMILES string of the molecule is C[C@H](NC(=O)[C@@H](N)Cc1ccccc1)C(=O)C(O)(N=[N+]=[N-])C(=O)NC(=O)C#CC(=O)[C@@H](N)CCCCN. The number of carbonyl (C=O) groups is 5. The van der Waals surface area contributed by atoms with E-state index in [1.807, 2.05) is 11.8 Å². The van der Waals surface area contributed by atoms with Crippen molar-refractivity contribution < 1.29 is 29.1 Å². The van der Waals surface area contributed by atoms with Crippen LogP contribution in [0.1, 0.15) is 31.7 Å². The quantitative estimate of drug-likeness (QED) is 0.0333. The van der Waals surface area contributed by atoms with Crippen LogP contribution in [0.4, 0.5) is 0 Å². The number of nitrogens with zero attached hydrogens (tertiary/aromatic N) is 3. The number of benzene rings is 1. The molecule has 0 fully saturated rings. The van der Waals surface area contributed by atoms with Crippen molar-refractivity contribution in [2.45, 2.75) is 56.5 Å². The van der Waals surface area contributed by atoms with Gasteiger partial charge >= 0.3 is 5.91 Å². The summed E-state index contributed by atoms with van der Waals surface area (Å²) in [4.78, 5) is 63.7. The zero-order valence-electron chi connectivity index (χ0n) is 20.2. The molecule has 9 N–H and O–H groups in total. The maximum Gasteiger partial charge on any atom is 0.303 e. The number of nitrogens with two attached hydrogens (primary N) is 3. The maximum atomic E-state index is 12.7. The van der Waals surface area contributed by atoms with Gasteiger partial charge in [-0.2, -0.15) is 0 Å². The Labute approximate surface area is 212 Å². The van der Waals surface area contributed by atoms with E-state index < -0.39 is 53.1 Å². The fraction of sp³-hybridized carbons (Fsp3) is 0.435. The van der Waals surface area contributed by atoms with Gasteiger partial charge in [0.2, 0.25) is 17.5 Å². The molecule has 0 spiro atoms. The summed E-state index contributed by atoms with van der Waals surface area (Å²) in [6.07, 6.45) is 1.64. The average Bonchev–Trinajstić information content (AvgIpc) is 2.87. The van der Waals surface area contributed by atoms with Crippen LogP contribution < -0.4 is 27.8 Å². The molecule has 4 atom stereocenters. The van der Waals surface area contributed by atoms with E-state index in [1.54, 1.807) is 35.6 Å². The third kappa shape index (κ3) is 9.80. The first-order chi connectivity index (χ1) is 17.5. The number of unbranched alkanes of at least 4 members (excludes halogenated alkanes) is 1. The number of hydrogen-bond acceptors (Lipinski definition) is 10. The van der Waals surface area contributed by atoms with Crippen molar-refractivity contribution in [1.82, 2.24) is 10.6 Å². The van der Waals surface area contributed by atoms with Gasteiger partial charge in [0.15, 0.2) is 0 Å². The summed E-state index contributed by atoms with van der Waals surface area (Å²) in [5.41, 5.74) is 23.0. The number of imide groups is 1. The normalized spacial score (nSPS) is 14.3. The average molecular weight is 515 g/mol. The van der Waals surface area contributed by atoms with Crippen molar-refractivity contribution in [2.24, 2.45) is 22.3 Å². The highest BCUT2D eigenvalue weighted by Crippen LogP contribution is 2.13. The fourth-order valence-corrected chi connectivity index (χ4v) is 2.99. The molecule has 0 aliphatic rings. The van der Waals surface area contributed by atoms with Crippen molar-refractivity contribution in [2.75, 3.05) is 6.54 Å². The Balaban J connectivity index is 2.84. The molecule has 0 aliphatic carbocycles. The predicted molar refractivity (Wildman–Crippen MR) is 132 cm³/mol. The second kappa shape index (κ2) is 15.1. The van der Waals surface area contributed by atoms with Crippen LogP contribution in [-0.2, 0) is 30.4 Å². The predicted octanol–water partition coefficient (Wildman–Crippen LogP) is -1.70. The molecule has 0 radical (unpaired) electrons. The minimum Gasteiger partial charge on any atom is -0.369 e. The lowest BCUT2D eigenvalue weighted by Crippen LogP contribution is -2.59. The van der Waals surface area contributed by atoms with Crippen LogP contribution in [0, 0.1) is 11.8 Å². The molecule has 1 aromatic carbocycles. The fourth-order valence-electron chi connectivity index (χ4n) is 2.99. The Morgan fingerprint density at radius 2 is 1.76 bits per heavy atom. The van der Waals surface area contributed by atoms with Gasteiger partial charge in [0.25, 0.3) is 11.6 Å². The topological polar surface area (TPSA) is 256 Å². The van der Waals surface area contributed by atoms with Crippen molar-refractivity contribution >= 4 is 29.3 Å². The monoisotopic (exact) mass is 514 g/mol. The third-order valence-electron chi connectivity index (χ3n) is 5.07. The van der Waals surface area contributed by atoms with Crippen LogP contribution in [0.25, 0.3) is 10.4 Å². The summed E-state index contributed by atoms with van der Waals surface area (Å²) in [6, 6.07) is 5.19. The molecular weight excluding hydrogens is 484 g/mol. The summed E-state index contributed by atoms with van der Waals surface area (Å²) >= 11 is 0. The van der Waals surface area contributed by atoms with Crippen LogP contribution in [-0.4, -0.2) is 64.8 Å². The van der Waals surface area contributed by atoms with Crippen LogP contribution in [0.3, 0.4) is 0 Å². The van der Waals surface area contributed by atoms with Gasteiger partial charge in [-0.3, -0.25) is 29.3 Å². The zero-order valence-corrected chi connectivity index (χ0v) is 20.2. The lowest BCUT2D eigenvalue weighted by molar-refractivity contribution is -0.154. The molecule has 1 aromatic rings. The molecule has 0 heterocycles. The second-order valence-corrected chi connectivity index (χ2v) is 8.04. The number of aliphatic hydroxyl groups is 1. The molecule has 1 rings (SSSR count). The van der Waals surface area contributed by atoms with Gasteiger partial charge in [-0.15, -0.1) is 0 Å². The Kier molecular flexibility index (Phi) is 12.6. The van der Waals surface area contributed by atoms with E-state index in [-0.39, 0.29) is 12.8 Å². The summed E-state index contributed by atoms with van der Waals surface area (Å²) in [7, 11) is 0. The van der Waals surface area contributed by atoms with Gasteiger partial charge in [0, 0.05) is 10.8 Å². The Hall–Kier alpha value is -4.12. The summed E-state index contributed by atoms with van der Waals surface area (Å²) in [5.74, 6) is -2.32. The number of amides is 3. The van der Waals surface area contributed by atoms with Crippen molar-refractivity contribution in [3.63, 3.8) is 0 Å². The van der Waals surface area contributed by atoms with E-state index in [4.69, 9.17) is 22.7 Å². The van der Waals surface area contributed by atoms with E-state index in [0.717, 1.165) is 12.5 Å². The highest BCUT2D eigenvalue weighted by Gasteiger charge is 2.46. The van der Waals surface area contributed by atoms with Gasteiger partial charge in [-0.25, -0.2) is 0 Å². The molecule has 0 saturated heterocycles. The number of rotatable bonds is 13. The molecule has 198 valence electrons. The number of nitrogens with one attached hydrogen (secondary N) is 2. The molecule has 0 saturated carbocycles. The molecule has 0 aromatic heterocycles. The van der Waals surface area contributed by atoms with Crippen LogP contribution >= 0.6 is 0 Å². The molecular formula is C23H30N8O6. The van der Waals surface area contributed by atoms with Crippen LogP contribution in [0.15, 0.2) is 35.4 Å². The van der Waals surface area contributed by atoms with Gasteiger partial charge in [0.1, 0.15) is 0 Å². The lowest BCUT2D eigenvalue weighted by atomic mass is 10.0. The number of Topliss-reactive ketones (excluding diaryl/α,β-unsaturated/α-hetero) is 2. The van der Waals surface area contributed by atoms with Gasteiger partial charge in [-0.1, -0.05) is 36.8 Å². The maximum absolute atomic E-state index is 12.7. The summed E-state index contributed by atoms with van der Waals surface area (Å²) < 4.78 is 0. The largest absolute Gasteiger partial charge is 0.369 e. The molecule has 0 aliphatic heterocycles. The Morgan fingerprint density at radius 3 is 2.35 bits per heavy atom. The van der Waals surface area contributed by atoms with E-state index in [1.165, 1.54) is 0 Å². The van der Waals surface area contributed by atoms with Gasteiger partial charge < -0.3 is 27.6 Å². The van der Waals surface area contributed by atoms with E-state index in [9.17, 15) is 29.1 Å². The molecule has 14 nitrogen and oxygen atoms in total. The minimum absolute atomic E-state index is 0.136. The molecule has 14 heteroatoms. The van der Waals surface area contributed by atoms with E-state index in [2.05, 4.69) is 15.3 Å². The minimum atomic E-state index is -3.41. The molecule has 0 bridgehead atoms. The van der Waals surface area contributed by atoms with Gasteiger partial charge in [-0.05, 0) is 54.9 Å². The lowest BCUT2D eigenvalue weighted by Gasteiger charge is -2.24. The second-order valence-electron chi connectivity index (χ2n) is 8.04. The number of azide groups is 1. The number of carbonyl (C=O) groups excluding carboxylic acids is 5. The van der Waals surface area contributed by atoms with E-state index in [0.29, 0.717) is 19.4 Å². The van der Waals surface area contributed by atoms with Crippen molar-refractivity contribution in [1.29, 1.82) is 0 Å². The first-order valence-electron chi connectivity index (χ1n) is 11.3. The first kappa shape index (κ1) is 30.9. The standard InChI is InChI=1S/C23H30N8O6/c1-14(28-21(35)17(26)13-15-7-3-2-4-8-15)20(34)23(37,30-31-27)22(36)29-19(33)11-10-18(32)16(25)9-5-6-12-24/h2-4,7-8,14,16-17,37H,5-6,9,12-13,24-26H2,1H3,(H,28,35)(H,29,33,36)/t14-,16-,17-,23?/m0/s1.